The highest BCUT2D eigenvalue weighted by atomic mass is 16.5. The molecule has 1 aliphatic heterocycles. The fourth-order valence-corrected chi connectivity index (χ4v) is 4.58. The van der Waals surface area contributed by atoms with Crippen LogP contribution in [0.4, 0.5) is 5.69 Å². The molecule has 0 spiro atoms. The van der Waals surface area contributed by atoms with Gasteiger partial charge in [-0.2, -0.15) is 0 Å². The molecule has 0 aromatic heterocycles. The molecule has 1 atom stereocenters. The molecule has 1 N–H and O–H groups in total. The van der Waals surface area contributed by atoms with E-state index in [9.17, 15) is 14.7 Å². The van der Waals surface area contributed by atoms with Crippen molar-refractivity contribution < 1.29 is 24.2 Å². The zero-order valence-electron chi connectivity index (χ0n) is 22.2. The molecule has 37 heavy (non-hydrogen) atoms. The molecular weight excluding hydrogens is 466 g/mol. The fourth-order valence-electron chi connectivity index (χ4n) is 4.58. The van der Waals surface area contributed by atoms with Gasteiger partial charge in [0.1, 0.15) is 17.3 Å². The van der Waals surface area contributed by atoms with E-state index in [2.05, 4.69) is 13.8 Å². The highest BCUT2D eigenvalue weighted by Crippen LogP contribution is 2.44. The molecule has 1 unspecified atom stereocenters. The minimum Gasteiger partial charge on any atom is -0.507 e. The van der Waals surface area contributed by atoms with Crippen LogP contribution in [0.25, 0.3) is 5.76 Å². The van der Waals surface area contributed by atoms with Gasteiger partial charge in [0.2, 0.25) is 0 Å². The predicted octanol–water partition coefficient (Wildman–Crippen LogP) is 6.28. The molecule has 0 aliphatic carbocycles. The number of carbonyl (C=O) groups excluding carboxylic acids is 2. The first-order chi connectivity index (χ1) is 17.6. The third kappa shape index (κ3) is 4.96. The first kappa shape index (κ1) is 26.0. The Morgan fingerprint density at radius 1 is 0.973 bits per heavy atom. The smallest absolute Gasteiger partial charge is 0.300 e. The number of ether oxygens (including phenoxy) is 2. The average Bonchev–Trinajstić information content (AvgIpc) is 3.14. The standard InChI is InChI=1S/C31H33NO5/c1-18(2)17-37-26-14-13-23(15-20(26)4)29(33)27-28(22-10-8-11-24(16-22)36-6)32(31(35)30(27)34)25-12-7-9-19(3)21(25)5/h7-16,18,28,33H,17H2,1-6H3/b29-27+. The summed E-state index contributed by atoms with van der Waals surface area (Å²) in [4.78, 5) is 28.5. The maximum atomic E-state index is 13.5. The number of amides is 1. The van der Waals surface area contributed by atoms with Crippen LogP contribution < -0.4 is 14.4 Å². The third-order valence-corrected chi connectivity index (χ3v) is 6.71. The molecule has 0 saturated carbocycles. The molecule has 6 heteroatoms. The van der Waals surface area contributed by atoms with Crippen LogP contribution in [0.1, 0.15) is 47.7 Å². The summed E-state index contributed by atoms with van der Waals surface area (Å²) in [7, 11) is 1.56. The first-order valence-corrected chi connectivity index (χ1v) is 12.4. The minimum absolute atomic E-state index is 0.0365. The number of aryl methyl sites for hydroxylation is 2. The number of rotatable bonds is 7. The van der Waals surface area contributed by atoms with Crippen LogP contribution in [0.2, 0.25) is 0 Å². The van der Waals surface area contributed by atoms with Gasteiger partial charge in [0.05, 0.1) is 25.3 Å². The van der Waals surface area contributed by atoms with E-state index in [0.717, 1.165) is 16.7 Å². The molecule has 1 amide bonds. The summed E-state index contributed by atoms with van der Waals surface area (Å²) in [5, 5.41) is 11.5. The second kappa shape index (κ2) is 10.5. The lowest BCUT2D eigenvalue weighted by molar-refractivity contribution is -0.132. The van der Waals surface area contributed by atoms with Crippen molar-refractivity contribution in [3.8, 4) is 11.5 Å². The second-order valence-electron chi connectivity index (χ2n) is 9.85. The quantitative estimate of drug-likeness (QED) is 0.235. The highest BCUT2D eigenvalue weighted by molar-refractivity contribution is 6.51. The molecule has 3 aromatic carbocycles. The van der Waals surface area contributed by atoms with Gasteiger partial charge < -0.3 is 14.6 Å². The molecule has 4 rings (SSSR count). The van der Waals surface area contributed by atoms with Crippen LogP contribution in [0.5, 0.6) is 11.5 Å². The Bertz CT molecular complexity index is 1390. The summed E-state index contributed by atoms with van der Waals surface area (Å²) < 4.78 is 11.3. The van der Waals surface area contributed by atoms with Crippen LogP contribution in [0.3, 0.4) is 0 Å². The van der Waals surface area contributed by atoms with Crippen LogP contribution >= 0.6 is 0 Å². The molecule has 1 heterocycles. The molecule has 1 fully saturated rings. The summed E-state index contributed by atoms with van der Waals surface area (Å²) >= 11 is 0. The first-order valence-electron chi connectivity index (χ1n) is 12.4. The van der Waals surface area contributed by atoms with Gasteiger partial charge in [-0.25, -0.2) is 0 Å². The molecule has 6 nitrogen and oxygen atoms in total. The number of carbonyl (C=O) groups is 2. The SMILES string of the molecule is COc1cccc(C2/C(=C(\O)c3ccc(OCC(C)C)c(C)c3)C(=O)C(=O)N2c2cccc(C)c2C)c1. The normalized spacial score (nSPS) is 16.9. The van der Waals surface area contributed by atoms with Gasteiger partial charge in [0.25, 0.3) is 11.7 Å². The molecule has 0 bridgehead atoms. The van der Waals surface area contributed by atoms with Crippen molar-refractivity contribution >= 4 is 23.1 Å². The summed E-state index contributed by atoms with van der Waals surface area (Å²) in [6.45, 7) is 10.5. The zero-order chi connectivity index (χ0) is 26.9. The highest BCUT2D eigenvalue weighted by Gasteiger charge is 2.47. The van der Waals surface area contributed by atoms with Gasteiger partial charge in [0.15, 0.2) is 0 Å². The fraction of sp³-hybridized carbons (Fsp3) is 0.290. The van der Waals surface area contributed by atoms with E-state index in [0.29, 0.717) is 40.8 Å². The number of methoxy groups -OCH3 is 1. The van der Waals surface area contributed by atoms with Gasteiger partial charge >= 0.3 is 0 Å². The number of aliphatic hydroxyl groups is 1. The number of nitrogens with zero attached hydrogens (tertiary/aromatic N) is 1. The minimum atomic E-state index is -0.826. The monoisotopic (exact) mass is 499 g/mol. The summed E-state index contributed by atoms with van der Waals surface area (Å²) in [6, 6.07) is 17.3. The Labute approximate surface area is 218 Å². The number of benzene rings is 3. The number of hydrogen-bond acceptors (Lipinski definition) is 5. The second-order valence-corrected chi connectivity index (χ2v) is 9.85. The Hall–Kier alpha value is -4.06. The van der Waals surface area contributed by atoms with Crippen molar-refractivity contribution in [2.75, 3.05) is 18.6 Å². The number of Topliss-reactive ketones (excluding diaryl/α,β-unsaturated/α-hetero) is 1. The third-order valence-electron chi connectivity index (χ3n) is 6.71. The Kier molecular flexibility index (Phi) is 7.39. The van der Waals surface area contributed by atoms with Crippen LogP contribution in [0, 0.1) is 26.7 Å². The van der Waals surface area contributed by atoms with E-state index in [4.69, 9.17) is 9.47 Å². The zero-order valence-corrected chi connectivity index (χ0v) is 22.2. The van der Waals surface area contributed by atoms with Crippen LogP contribution in [-0.4, -0.2) is 30.5 Å². The van der Waals surface area contributed by atoms with E-state index in [1.165, 1.54) is 4.90 Å². The van der Waals surface area contributed by atoms with E-state index in [1.807, 2.05) is 51.1 Å². The lowest BCUT2D eigenvalue weighted by Crippen LogP contribution is -2.30. The van der Waals surface area contributed by atoms with Crippen molar-refractivity contribution in [1.29, 1.82) is 0 Å². The molecule has 0 radical (unpaired) electrons. The molecular formula is C31H33NO5. The maximum Gasteiger partial charge on any atom is 0.300 e. The Morgan fingerprint density at radius 2 is 1.70 bits per heavy atom. The van der Waals surface area contributed by atoms with Crippen molar-refractivity contribution in [3.05, 3.63) is 94.1 Å². The van der Waals surface area contributed by atoms with Crippen molar-refractivity contribution in [3.63, 3.8) is 0 Å². The molecule has 1 aliphatic rings. The van der Waals surface area contributed by atoms with E-state index >= 15 is 0 Å². The van der Waals surface area contributed by atoms with Crippen LogP contribution in [-0.2, 0) is 9.59 Å². The average molecular weight is 500 g/mol. The number of aliphatic hydroxyl groups excluding tert-OH is 1. The van der Waals surface area contributed by atoms with Gasteiger partial charge in [-0.05, 0) is 85.3 Å². The molecule has 3 aromatic rings. The number of anilines is 1. The lowest BCUT2D eigenvalue weighted by atomic mass is 9.94. The van der Waals surface area contributed by atoms with E-state index < -0.39 is 17.7 Å². The van der Waals surface area contributed by atoms with Gasteiger partial charge in [0, 0.05) is 11.3 Å². The van der Waals surface area contributed by atoms with Crippen LogP contribution in [0.15, 0.2) is 66.2 Å². The van der Waals surface area contributed by atoms with Crippen molar-refractivity contribution in [2.45, 2.75) is 40.7 Å². The largest absolute Gasteiger partial charge is 0.507 e. The van der Waals surface area contributed by atoms with Gasteiger partial charge in [-0.15, -0.1) is 0 Å². The maximum absolute atomic E-state index is 13.5. The Morgan fingerprint density at radius 3 is 2.38 bits per heavy atom. The topological polar surface area (TPSA) is 76.1 Å². The Balaban J connectivity index is 1.90. The summed E-state index contributed by atoms with van der Waals surface area (Å²) in [5.41, 5.74) is 4.48. The van der Waals surface area contributed by atoms with E-state index in [-0.39, 0.29) is 11.3 Å². The van der Waals surface area contributed by atoms with E-state index in [1.54, 1.807) is 37.4 Å². The van der Waals surface area contributed by atoms with Crippen molar-refractivity contribution in [1.82, 2.24) is 0 Å². The van der Waals surface area contributed by atoms with Gasteiger partial charge in [-0.1, -0.05) is 38.1 Å². The van der Waals surface area contributed by atoms with Gasteiger partial charge in [-0.3, -0.25) is 14.5 Å². The number of ketones is 1. The molecule has 192 valence electrons. The summed E-state index contributed by atoms with van der Waals surface area (Å²) in [5.74, 6) is 0.0339. The van der Waals surface area contributed by atoms with Crippen molar-refractivity contribution in [2.24, 2.45) is 5.92 Å². The summed E-state index contributed by atoms with van der Waals surface area (Å²) in [6.07, 6.45) is 0. The predicted molar refractivity (Wildman–Crippen MR) is 145 cm³/mol. The number of hydrogen-bond donors (Lipinski definition) is 1. The molecule has 1 saturated heterocycles. The lowest BCUT2D eigenvalue weighted by Gasteiger charge is -2.27.